The van der Waals surface area contributed by atoms with E-state index in [1.54, 1.807) is 0 Å². The topological polar surface area (TPSA) is 100 Å². The molecule has 1 saturated heterocycles. The number of amides is 1. The minimum Gasteiger partial charge on any atom is -0.376 e. The van der Waals surface area contributed by atoms with Gasteiger partial charge in [-0.2, -0.15) is 0 Å². The molecule has 0 radical (unpaired) electrons. The smallest absolute Gasteiger partial charge is 0.224 e. The van der Waals surface area contributed by atoms with Crippen LogP contribution in [0.25, 0.3) is 10.9 Å². The molecule has 2 aliphatic rings. The summed E-state index contributed by atoms with van der Waals surface area (Å²) < 4.78 is 31.3. The van der Waals surface area contributed by atoms with E-state index >= 15 is 0 Å². The van der Waals surface area contributed by atoms with Crippen molar-refractivity contribution in [1.29, 1.82) is 0 Å². The maximum atomic E-state index is 12.5. The molecule has 25 heavy (non-hydrogen) atoms. The summed E-state index contributed by atoms with van der Waals surface area (Å²) >= 11 is 0. The van der Waals surface area contributed by atoms with Gasteiger partial charge in [-0.25, -0.2) is 13.1 Å². The first-order valence-corrected chi connectivity index (χ1v) is 10.2. The normalized spacial score (nSPS) is 28.5. The average Bonchev–Trinajstić information content (AvgIpc) is 3.15. The van der Waals surface area contributed by atoms with E-state index < -0.39 is 16.1 Å². The van der Waals surface area contributed by atoms with Gasteiger partial charge in [-0.15, -0.1) is 0 Å². The molecule has 2 fully saturated rings. The van der Waals surface area contributed by atoms with Crippen LogP contribution >= 0.6 is 0 Å². The highest BCUT2D eigenvalue weighted by Gasteiger charge is 2.55. The summed E-state index contributed by atoms with van der Waals surface area (Å²) in [6, 6.07) is 7.21. The summed E-state index contributed by atoms with van der Waals surface area (Å²) in [6.45, 7) is 0.603. The summed E-state index contributed by atoms with van der Waals surface area (Å²) in [7, 11) is -3.36. The molecule has 1 aliphatic heterocycles. The number of fused-ring (bicyclic) bond motifs is 2. The number of nitrogens with one attached hydrogen (secondary N) is 3. The molecule has 0 bridgehead atoms. The highest BCUT2D eigenvalue weighted by Crippen LogP contribution is 2.39. The van der Waals surface area contributed by atoms with Crippen molar-refractivity contribution in [3.05, 3.63) is 36.0 Å². The zero-order chi connectivity index (χ0) is 17.6. The van der Waals surface area contributed by atoms with E-state index in [1.165, 1.54) is 0 Å². The maximum Gasteiger partial charge on any atom is 0.224 e. The summed E-state index contributed by atoms with van der Waals surface area (Å²) in [5.74, 6) is 0.0616. The average molecular weight is 363 g/mol. The molecule has 1 amide bonds. The third-order valence-electron chi connectivity index (χ3n) is 5.09. The summed E-state index contributed by atoms with van der Waals surface area (Å²) in [5.41, 5.74) is 1.93. The van der Waals surface area contributed by atoms with Crippen LogP contribution < -0.4 is 10.0 Å². The number of hydrogen-bond acceptors (Lipinski definition) is 4. The van der Waals surface area contributed by atoms with E-state index in [-0.39, 0.29) is 30.4 Å². The predicted molar refractivity (Wildman–Crippen MR) is 93.5 cm³/mol. The van der Waals surface area contributed by atoms with Crippen LogP contribution in [0.3, 0.4) is 0 Å². The number of benzene rings is 1. The SMILES string of the molecule is CS(=O)(=O)N[C@@H]1[C@@H](NC(=O)Cc2c[nH]c3ccccc23)[C@H]2CCO[C@H]21. The molecule has 3 N–H and O–H groups in total. The van der Waals surface area contributed by atoms with Crippen LogP contribution in [-0.2, 0) is 26.0 Å². The first-order valence-electron chi connectivity index (χ1n) is 8.35. The highest BCUT2D eigenvalue weighted by atomic mass is 32.2. The lowest BCUT2D eigenvalue weighted by Crippen LogP contribution is -2.70. The molecular formula is C17H21N3O4S. The van der Waals surface area contributed by atoms with E-state index in [2.05, 4.69) is 15.0 Å². The van der Waals surface area contributed by atoms with Gasteiger partial charge in [-0.3, -0.25) is 4.79 Å². The predicted octanol–water partition coefficient (Wildman–Crippen LogP) is 0.532. The molecule has 1 aliphatic carbocycles. The van der Waals surface area contributed by atoms with Crippen molar-refractivity contribution in [2.45, 2.75) is 31.0 Å². The molecule has 4 atom stereocenters. The number of ether oxygens (including phenoxy) is 1. The van der Waals surface area contributed by atoms with Gasteiger partial charge in [0.05, 0.1) is 30.9 Å². The number of carbonyl (C=O) groups excluding carboxylic acids is 1. The number of aromatic nitrogens is 1. The molecule has 7 nitrogen and oxygen atoms in total. The number of hydrogen-bond donors (Lipinski definition) is 3. The summed E-state index contributed by atoms with van der Waals surface area (Å²) in [4.78, 5) is 15.7. The van der Waals surface area contributed by atoms with Gasteiger partial charge in [0, 0.05) is 29.6 Å². The van der Waals surface area contributed by atoms with E-state index in [1.807, 2.05) is 30.5 Å². The first-order chi connectivity index (χ1) is 11.9. The standard InChI is InChI=1S/C17H21N3O4S/c1-25(22,23)20-16-15(12-6-7-24-17(12)16)19-14(21)8-10-9-18-13-5-3-2-4-11(10)13/h2-5,9,12,15-18,20H,6-8H2,1H3,(H,19,21)/t12-,15+,16-,17-/m1/s1. The number of para-hydroxylation sites is 1. The Bertz CT molecular complexity index is 908. The molecule has 1 aromatic carbocycles. The van der Waals surface area contributed by atoms with Gasteiger partial charge in [0.1, 0.15) is 0 Å². The number of rotatable bonds is 5. The molecular weight excluding hydrogens is 342 g/mol. The molecule has 2 aromatic rings. The second-order valence-corrected chi connectivity index (χ2v) is 8.61. The quantitative estimate of drug-likeness (QED) is 0.721. The fraction of sp³-hybridized carbons (Fsp3) is 0.471. The highest BCUT2D eigenvalue weighted by molar-refractivity contribution is 7.88. The minimum absolute atomic E-state index is 0.111. The van der Waals surface area contributed by atoms with Crippen molar-refractivity contribution in [3.8, 4) is 0 Å². The minimum atomic E-state index is -3.36. The van der Waals surface area contributed by atoms with Crippen LogP contribution in [0.15, 0.2) is 30.5 Å². The fourth-order valence-electron chi connectivity index (χ4n) is 3.98. The molecule has 1 saturated carbocycles. The Morgan fingerprint density at radius 1 is 1.32 bits per heavy atom. The molecule has 1 aromatic heterocycles. The lowest BCUT2D eigenvalue weighted by atomic mass is 9.72. The van der Waals surface area contributed by atoms with Gasteiger partial charge in [-0.05, 0) is 18.1 Å². The van der Waals surface area contributed by atoms with Crippen LogP contribution in [0.1, 0.15) is 12.0 Å². The van der Waals surface area contributed by atoms with Crippen LogP contribution in [0.2, 0.25) is 0 Å². The Morgan fingerprint density at radius 2 is 2.12 bits per heavy atom. The molecule has 134 valence electrons. The van der Waals surface area contributed by atoms with E-state index in [4.69, 9.17) is 4.74 Å². The molecule has 8 heteroatoms. The van der Waals surface area contributed by atoms with Crippen molar-refractivity contribution < 1.29 is 17.9 Å². The number of carbonyl (C=O) groups is 1. The van der Waals surface area contributed by atoms with Crippen LogP contribution in [0, 0.1) is 5.92 Å². The van der Waals surface area contributed by atoms with Crippen LogP contribution in [0.4, 0.5) is 0 Å². The van der Waals surface area contributed by atoms with Crippen LogP contribution in [-0.4, -0.2) is 50.4 Å². The third kappa shape index (κ3) is 3.17. The summed E-state index contributed by atoms with van der Waals surface area (Å²) in [5, 5.41) is 4.03. The molecule has 0 unspecified atom stereocenters. The van der Waals surface area contributed by atoms with Gasteiger partial charge in [0.25, 0.3) is 0 Å². The van der Waals surface area contributed by atoms with Gasteiger partial charge in [0.2, 0.25) is 15.9 Å². The van der Waals surface area contributed by atoms with E-state index in [0.29, 0.717) is 6.61 Å². The zero-order valence-electron chi connectivity index (χ0n) is 13.9. The fourth-order valence-corrected chi connectivity index (χ4v) is 4.75. The Balaban J connectivity index is 1.46. The molecule has 0 spiro atoms. The van der Waals surface area contributed by atoms with E-state index in [0.717, 1.165) is 29.1 Å². The van der Waals surface area contributed by atoms with Gasteiger partial charge in [0.15, 0.2) is 0 Å². The van der Waals surface area contributed by atoms with Gasteiger partial charge < -0.3 is 15.0 Å². The Morgan fingerprint density at radius 3 is 2.92 bits per heavy atom. The van der Waals surface area contributed by atoms with Crippen molar-refractivity contribution in [3.63, 3.8) is 0 Å². The maximum absolute atomic E-state index is 12.5. The Kier molecular flexibility index (Phi) is 4.05. The van der Waals surface area contributed by atoms with Crippen molar-refractivity contribution in [1.82, 2.24) is 15.0 Å². The lowest BCUT2D eigenvalue weighted by molar-refractivity contribution is -0.124. The third-order valence-corrected chi connectivity index (χ3v) is 5.79. The van der Waals surface area contributed by atoms with Crippen molar-refractivity contribution in [2.24, 2.45) is 5.92 Å². The number of H-pyrrole nitrogens is 1. The second kappa shape index (κ2) is 6.12. The number of aromatic amines is 1. The van der Waals surface area contributed by atoms with Crippen molar-refractivity contribution >= 4 is 26.8 Å². The first kappa shape index (κ1) is 16.6. The summed E-state index contributed by atoms with van der Waals surface area (Å²) in [6.07, 6.45) is 3.92. The monoisotopic (exact) mass is 363 g/mol. The number of sulfonamides is 1. The van der Waals surface area contributed by atoms with Gasteiger partial charge in [-0.1, -0.05) is 18.2 Å². The lowest BCUT2D eigenvalue weighted by Gasteiger charge is -2.47. The largest absolute Gasteiger partial charge is 0.376 e. The van der Waals surface area contributed by atoms with Crippen LogP contribution in [0.5, 0.6) is 0 Å². The van der Waals surface area contributed by atoms with Gasteiger partial charge >= 0.3 is 0 Å². The van der Waals surface area contributed by atoms with E-state index in [9.17, 15) is 13.2 Å². The second-order valence-electron chi connectivity index (χ2n) is 6.83. The molecule has 4 rings (SSSR count). The zero-order valence-corrected chi connectivity index (χ0v) is 14.7. The Hall–Kier alpha value is -1.90. The Labute approximate surface area is 146 Å². The van der Waals surface area contributed by atoms with Crippen molar-refractivity contribution in [2.75, 3.05) is 12.9 Å². The molecule has 2 heterocycles.